The monoisotopic (exact) mass is 344 g/mol. The number of non-ortho nitro benzene ring substituents is 1. The van der Waals surface area contributed by atoms with Gasteiger partial charge in [-0.25, -0.2) is 4.79 Å². The number of phenols is 1. The molecule has 1 aliphatic rings. The third-order valence-electron chi connectivity index (χ3n) is 3.22. The largest absolute Gasteiger partial charge is 0.506 e. The number of carbonyl (C=O) groups excluding carboxylic acids is 1. The molecule has 1 aromatic rings. The van der Waals surface area contributed by atoms with E-state index in [9.17, 15) is 20.0 Å². The Bertz CT molecular complexity index is 587. The van der Waals surface area contributed by atoms with E-state index in [1.807, 2.05) is 13.8 Å². The molecule has 1 amide bonds. The molecule has 1 aromatic carbocycles. The summed E-state index contributed by atoms with van der Waals surface area (Å²) in [5.41, 5.74) is -0.394. The minimum Gasteiger partial charge on any atom is -0.506 e. The second kappa shape index (κ2) is 4.93. The van der Waals surface area contributed by atoms with Gasteiger partial charge in [-0.15, -0.1) is 0 Å². The van der Waals surface area contributed by atoms with Gasteiger partial charge in [-0.3, -0.25) is 10.1 Å². The quantitative estimate of drug-likeness (QED) is 0.634. The van der Waals surface area contributed by atoms with Crippen molar-refractivity contribution in [3.63, 3.8) is 0 Å². The summed E-state index contributed by atoms with van der Waals surface area (Å²) in [6.07, 6.45) is -0.614. The molecule has 0 unspecified atom stereocenters. The molecule has 108 valence electrons. The van der Waals surface area contributed by atoms with Crippen molar-refractivity contribution in [1.29, 1.82) is 0 Å². The number of amides is 1. The van der Waals surface area contributed by atoms with Gasteiger partial charge in [-0.2, -0.15) is 0 Å². The lowest BCUT2D eigenvalue weighted by molar-refractivity contribution is -0.385. The van der Waals surface area contributed by atoms with Crippen LogP contribution in [0.4, 0.5) is 10.5 Å². The van der Waals surface area contributed by atoms with Crippen LogP contribution in [0.2, 0.25) is 0 Å². The van der Waals surface area contributed by atoms with Crippen LogP contribution in [-0.2, 0) is 4.74 Å². The molecule has 1 fully saturated rings. The summed E-state index contributed by atoms with van der Waals surface area (Å²) in [5.74, 6) is -0.129. The zero-order chi connectivity index (χ0) is 15.1. The molecule has 8 heteroatoms. The van der Waals surface area contributed by atoms with Gasteiger partial charge in [0.15, 0.2) is 0 Å². The highest BCUT2D eigenvalue weighted by atomic mass is 79.9. The minimum absolute atomic E-state index is 0.129. The van der Waals surface area contributed by atoms with Crippen LogP contribution in [0.15, 0.2) is 16.6 Å². The van der Waals surface area contributed by atoms with Crippen LogP contribution in [0.3, 0.4) is 0 Å². The first kappa shape index (κ1) is 14.6. The normalized spacial score (nSPS) is 20.9. The average molecular weight is 345 g/mol. The summed E-state index contributed by atoms with van der Waals surface area (Å²) in [4.78, 5) is 21.8. The van der Waals surface area contributed by atoms with Gasteiger partial charge in [0, 0.05) is 23.1 Å². The SMILES string of the molecule is CC1(C)COC(=O)N[C@@H]1c1cc([N+](=O)[O-])cc(Br)c1O. The smallest absolute Gasteiger partial charge is 0.407 e. The maximum absolute atomic E-state index is 11.4. The third-order valence-corrected chi connectivity index (χ3v) is 3.82. The molecule has 0 bridgehead atoms. The fourth-order valence-electron chi connectivity index (χ4n) is 2.12. The first-order chi connectivity index (χ1) is 9.22. The van der Waals surface area contributed by atoms with Gasteiger partial charge in [0.05, 0.1) is 15.4 Å². The third kappa shape index (κ3) is 2.55. The lowest BCUT2D eigenvalue weighted by atomic mass is 9.80. The van der Waals surface area contributed by atoms with E-state index in [-0.39, 0.29) is 28.1 Å². The van der Waals surface area contributed by atoms with E-state index in [2.05, 4.69) is 21.2 Å². The van der Waals surface area contributed by atoms with E-state index in [1.54, 1.807) is 0 Å². The minimum atomic E-state index is -0.614. The Kier molecular flexibility index (Phi) is 3.59. The van der Waals surface area contributed by atoms with Crippen LogP contribution in [0.25, 0.3) is 0 Å². The Morgan fingerprint density at radius 1 is 1.55 bits per heavy atom. The van der Waals surface area contributed by atoms with E-state index in [0.29, 0.717) is 0 Å². The molecule has 7 nitrogen and oxygen atoms in total. The number of nitrogens with one attached hydrogen (secondary N) is 1. The Hall–Kier alpha value is -1.83. The molecule has 20 heavy (non-hydrogen) atoms. The van der Waals surface area contributed by atoms with Gasteiger partial charge >= 0.3 is 6.09 Å². The van der Waals surface area contributed by atoms with Crippen molar-refractivity contribution in [3.05, 3.63) is 32.3 Å². The van der Waals surface area contributed by atoms with Gasteiger partial charge in [0.2, 0.25) is 0 Å². The Morgan fingerprint density at radius 3 is 2.80 bits per heavy atom. The number of hydrogen-bond donors (Lipinski definition) is 2. The highest BCUT2D eigenvalue weighted by molar-refractivity contribution is 9.10. The number of cyclic esters (lactones) is 1. The van der Waals surface area contributed by atoms with Gasteiger partial charge < -0.3 is 15.2 Å². The molecule has 0 saturated carbocycles. The number of halogens is 1. The zero-order valence-corrected chi connectivity index (χ0v) is 12.4. The summed E-state index contributed by atoms with van der Waals surface area (Å²) in [6, 6.07) is 1.89. The average Bonchev–Trinajstić information content (AvgIpc) is 2.35. The fraction of sp³-hybridized carbons (Fsp3) is 0.417. The number of alkyl carbamates (subject to hydrolysis) is 1. The predicted molar refractivity (Wildman–Crippen MR) is 73.5 cm³/mol. The van der Waals surface area contributed by atoms with Crippen molar-refractivity contribution < 1.29 is 19.6 Å². The predicted octanol–water partition coefficient (Wildman–Crippen LogP) is 2.87. The van der Waals surface area contributed by atoms with Gasteiger partial charge in [-0.1, -0.05) is 13.8 Å². The number of rotatable bonds is 2. The second-order valence-corrected chi connectivity index (χ2v) is 6.12. The molecule has 0 aliphatic carbocycles. The second-order valence-electron chi connectivity index (χ2n) is 5.26. The number of hydrogen-bond acceptors (Lipinski definition) is 5. The fourth-order valence-corrected chi connectivity index (χ4v) is 2.58. The molecular formula is C12H13BrN2O5. The lowest BCUT2D eigenvalue weighted by Crippen LogP contribution is -2.46. The molecule has 0 radical (unpaired) electrons. The highest BCUT2D eigenvalue weighted by Gasteiger charge is 2.40. The number of aromatic hydroxyl groups is 1. The van der Waals surface area contributed by atoms with Crippen LogP contribution in [0, 0.1) is 15.5 Å². The van der Waals surface area contributed by atoms with Gasteiger partial charge in [0.1, 0.15) is 12.4 Å². The van der Waals surface area contributed by atoms with Crippen LogP contribution < -0.4 is 5.32 Å². The zero-order valence-electron chi connectivity index (χ0n) is 10.8. The first-order valence-corrected chi connectivity index (χ1v) is 6.62. The first-order valence-electron chi connectivity index (χ1n) is 5.82. The molecule has 1 atom stereocenters. The van der Waals surface area contributed by atoms with E-state index < -0.39 is 22.5 Å². The molecule has 1 heterocycles. The van der Waals surface area contributed by atoms with Crippen LogP contribution in [0.5, 0.6) is 5.75 Å². The summed E-state index contributed by atoms with van der Waals surface area (Å²) in [6.45, 7) is 3.83. The van der Waals surface area contributed by atoms with Crippen molar-refractivity contribution in [2.45, 2.75) is 19.9 Å². The summed E-state index contributed by atoms with van der Waals surface area (Å²) in [5, 5.41) is 23.6. The molecule has 2 rings (SSSR count). The van der Waals surface area contributed by atoms with Crippen molar-refractivity contribution in [2.24, 2.45) is 5.41 Å². The Morgan fingerprint density at radius 2 is 2.20 bits per heavy atom. The van der Waals surface area contributed by atoms with E-state index >= 15 is 0 Å². The van der Waals surface area contributed by atoms with E-state index in [0.717, 1.165) is 0 Å². The van der Waals surface area contributed by atoms with E-state index in [4.69, 9.17) is 4.74 Å². The summed E-state index contributed by atoms with van der Waals surface area (Å²) < 4.78 is 5.12. The number of phenolic OH excluding ortho intramolecular Hbond substituents is 1. The van der Waals surface area contributed by atoms with Gasteiger partial charge in [0.25, 0.3) is 5.69 Å². The molecule has 1 aliphatic heterocycles. The van der Waals surface area contributed by atoms with Crippen molar-refractivity contribution in [2.75, 3.05) is 6.61 Å². The summed E-state index contributed by atoms with van der Waals surface area (Å²) in [7, 11) is 0. The van der Waals surface area contributed by atoms with Crippen LogP contribution in [0.1, 0.15) is 25.5 Å². The molecule has 1 saturated heterocycles. The lowest BCUT2D eigenvalue weighted by Gasteiger charge is -2.38. The highest BCUT2D eigenvalue weighted by Crippen LogP contribution is 2.43. The van der Waals surface area contributed by atoms with Gasteiger partial charge in [-0.05, 0) is 15.9 Å². The number of nitro groups is 1. The number of nitrogens with zero attached hydrogens (tertiary/aromatic N) is 1. The number of carbonyl (C=O) groups is 1. The number of benzene rings is 1. The molecule has 0 spiro atoms. The maximum atomic E-state index is 11.4. The van der Waals surface area contributed by atoms with Crippen molar-refractivity contribution in [3.8, 4) is 5.75 Å². The molecule has 2 N–H and O–H groups in total. The van der Waals surface area contributed by atoms with Crippen molar-refractivity contribution in [1.82, 2.24) is 5.32 Å². The maximum Gasteiger partial charge on any atom is 0.407 e. The Balaban J connectivity index is 2.55. The Labute approximate surface area is 123 Å². The van der Waals surface area contributed by atoms with Crippen LogP contribution in [-0.4, -0.2) is 22.7 Å². The standard InChI is InChI=1S/C12H13BrN2O5/c1-12(2)5-20-11(17)14-10(12)7-3-6(15(18)19)4-8(13)9(7)16/h3-4,10,16H,5H2,1-2H3,(H,14,17)/t10-/m1/s1. The van der Waals surface area contributed by atoms with Crippen molar-refractivity contribution >= 4 is 27.7 Å². The summed E-state index contributed by atoms with van der Waals surface area (Å²) >= 11 is 3.09. The van der Waals surface area contributed by atoms with E-state index in [1.165, 1.54) is 12.1 Å². The topological polar surface area (TPSA) is 102 Å². The molecular weight excluding hydrogens is 332 g/mol. The number of nitro benzene ring substituents is 1. The molecule has 0 aromatic heterocycles. The van der Waals surface area contributed by atoms with Crippen LogP contribution >= 0.6 is 15.9 Å². The number of ether oxygens (including phenoxy) is 1.